The lowest BCUT2D eigenvalue weighted by Crippen LogP contribution is -2.27. The Bertz CT molecular complexity index is 145. The van der Waals surface area contributed by atoms with Gasteiger partial charge in [-0.05, 0) is 12.7 Å². The number of aliphatic hydroxyl groups is 1. The van der Waals surface area contributed by atoms with Crippen LogP contribution in [0.5, 0.6) is 0 Å². The van der Waals surface area contributed by atoms with E-state index in [4.69, 9.17) is 5.11 Å². The second kappa shape index (κ2) is 2.90. The average molecular weight is 182 g/mol. The van der Waals surface area contributed by atoms with Crippen molar-refractivity contribution in [3.8, 4) is 0 Å². The highest BCUT2D eigenvalue weighted by Gasteiger charge is 2.48. The van der Waals surface area contributed by atoms with Crippen LogP contribution in [-0.4, -0.2) is 28.6 Å². The summed E-state index contributed by atoms with van der Waals surface area (Å²) in [7, 11) is 0. The van der Waals surface area contributed by atoms with Crippen LogP contribution >= 0.6 is 11.8 Å². The standard InChI is InChI=1S/C7H12F2OS/c1-11-6(5-10)2-3-7(8,9)4-6/h10H,2-5H2,1H3/t6-/m0/s1. The summed E-state index contributed by atoms with van der Waals surface area (Å²) in [5, 5.41) is 8.89. The van der Waals surface area contributed by atoms with Gasteiger partial charge in [-0.25, -0.2) is 8.78 Å². The van der Waals surface area contributed by atoms with E-state index < -0.39 is 10.7 Å². The first-order valence-electron chi connectivity index (χ1n) is 3.57. The van der Waals surface area contributed by atoms with Gasteiger partial charge in [0, 0.05) is 17.6 Å². The quantitative estimate of drug-likeness (QED) is 0.703. The Balaban J connectivity index is 2.62. The van der Waals surface area contributed by atoms with Gasteiger partial charge < -0.3 is 5.11 Å². The molecule has 1 atom stereocenters. The summed E-state index contributed by atoms with van der Waals surface area (Å²) in [4.78, 5) is 0. The number of aliphatic hydroxyl groups excluding tert-OH is 1. The van der Waals surface area contributed by atoms with Crippen LogP contribution in [-0.2, 0) is 0 Å². The van der Waals surface area contributed by atoms with Gasteiger partial charge in [-0.1, -0.05) is 0 Å². The second-order valence-electron chi connectivity index (χ2n) is 3.08. The average Bonchev–Trinajstić information content (AvgIpc) is 2.28. The van der Waals surface area contributed by atoms with E-state index in [1.807, 2.05) is 0 Å². The van der Waals surface area contributed by atoms with Crippen LogP contribution in [0.2, 0.25) is 0 Å². The van der Waals surface area contributed by atoms with Crippen LogP contribution in [0.1, 0.15) is 19.3 Å². The molecule has 0 amide bonds. The lowest BCUT2D eigenvalue weighted by atomic mass is 10.1. The fraction of sp³-hybridized carbons (Fsp3) is 1.00. The first-order chi connectivity index (χ1) is 5.04. The van der Waals surface area contributed by atoms with E-state index in [1.54, 1.807) is 6.26 Å². The monoisotopic (exact) mass is 182 g/mol. The van der Waals surface area contributed by atoms with E-state index in [2.05, 4.69) is 0 Å². The summed E-state index contributed by atoms with van der Waals surface area (Å²) in [6.07, 6.45) is 1.96. The van der Waals surface area contributed by atoms with E-state index >= 15 is 0 Å². The van der Waals surface area contributed by atoms with Gasteiger partial charge in [0.05, 0.1) is 6.61 Å². The highest BCUT2D eigenvalue weighted by atomic mass is 32.2. The molecule has 0 spiro atoms. The SMILES string of the molecule is CS[C@@]1(CO)CCC(F)(F)C1. The molecule has 0 heterocycles. The Labute approximate surface area is 69.2 Å². The maximum atomic E-state index is 12.7. The molecule has 0 aliphatic heterocycles. The zero-order chi connectivity index (χ0) is 8.54. The third-order valence-electron chi connectivity index (χ3n) is 2.25. The van der Waals surface area contributed by atoms with Crippen LogP contribution in [0.15, 0.2) is 0 Å². The summed E-state index contributed by atoms with van der Waals surface area (Å²) in [6, 6.07) is 0. The molecule has 0 aromatic rings. The Morgan fingerprint density at radius 1 is 1.45 bits per heavy atom. The molecule has 4 heteroatoms. The topological polar surface area (TPSA) is 20.2 Å². The molecule has 1 saturated carbocycles. The molecule has 1 N–H and O–H groups in total. The van der Waals surface area contributed by atoms with Crippen LogP contribution < -0.4 is 0 Å². The molecule has 0 aromatic carbocycles. The predicted octanol–water partition coefficient (Wildman–Crippen LogP) is 1.90. The molecular weight excluding hydrogens is 170 g/mol. The molecule has 1 aliphatic rings. The zero-order valence-corrected chi connectivity index (χ0v) is 7.26. The molecule has 1 fully saturated rings. The van der Waals surface area contributed by atoms with Gasteiger partial charge in [0.15, 0.2) is 0 Å². The molecular formula is C7H12F2OS. The summed E-state index contributed by atoms with van der Waals surface area (Å²) in [6.45, 7) is -0.135. The molecule has 66 valence electrons. The highest BCUT2D eigenvalue weighted by molar-refractivity contribution is 8.00. The normalized spacial score (nSPS) is 36.0. The maximum absolute atomic E-state index is 12.7. The number of alkyl halides is 2. The van der Waals surface area contributed by atoms with Crippen molar-refractivity contribution in [2.75, 3.05) is 12.9 Å². The van der Waals surface area contributed by atoms with Crippen LogP contribution in [0.3, 0.4) is 0 Å². The van der Waals surface area contributed by atoms with Gasteiger partial charge in [-0.2, -0.15) is 11.8 Å². The van der Waals surface area contributed by atoms with Crippen LogP contribution in [0.4, 0.5) is 8.78 Å². The van der Waals surface area contributed by atoms with Crippen molar-refractivity contribution in [2.45, 2.75) is 29.9 Å². The summed E-state index contributed by atoms with van der Waals surface area (Å²) in [5.41, 5.74) is 0. The molecule has 1 nitrogen and oxygen atoms in total. The van der Waals surface area contributed by atoms with E-state index in [-0.39, 0.29) is 19.4 Å². The molecule has 0 bridgehead atoms. The highest BCUT2D eigenvalue weighted by Crippen LogP contribution is 2.47. The summed E-state index contributed by atoms with van der Waals surface area (Å²) >= 11 is 1.35. The Kier molecular flexibility index (Phi) is 2.44. The third kappa shape index (κ3) is 1.85. The van der Waals surface area contributed by atoms with E-state index in [0.717, 1.165) is 0 Å². The minimum absolute atomic E-state index is 0.0750. The minimum Gasteiger partial charge on any atom is -0.395 e. The lowest BCUT2D eigenvalue weighted by molar-refractivity contribution is 0.00463. The first-order valence-corrected chi connectivity index (χ1v) is 4.80. The van der Waals surface area contributed by atoms with Crippen molar-refractivity contribution in [3.63, 3.8) is 0 Å². The molecule has 0 unspecified atom stereocenters. The van der Waals surface area contributed by atoms with Crippen molar-refractivity contribution in [1.29, 1.82) is 0 Å². The fourth-order valence-electron chi connectivity index (χ4n) is 1.43. The summed E-state index contributed by atoms with van der Waals surface area (Å²) < 4.78 is 24.8. The van der Waals surface area contributed by atoms with Gasteiger partial charge in [0.1, 0.15) is 0 Å². The van der Waals surface area contributed by atoms with Gasteiger partial charge in [0.25, 0.3) is 0 Å². The smallest absolute Gasteiger partial charge is 0.249 e. The first kappa shape index (κ1) is 9.26. The van der Waals surface area contributed by atoms with Gasteiger partial charge >= 0.3 is 0 Å². The minimum atomic E-state index is -2.55. The van der Waals surface area contributed by atoms with Gasteiger partial charge in [0.2, 0.25) is 5.92 Å². The number of thioether (sulfide) groups is 1. The van der Waals surface area contributed by atoms with Crippen LogP contribution in [0.25, 0.3) is 0 Å². The van der Waals surface area contributed by atoms with Crippen molar-refractivity contribution in [1.82, 2.24) is 0 Å². The van der Waals surface area contributed by atoms with Crippen LogP contribution in [0, 0.1) is 0 Å². The van der Waals surface area contributed by atoms with Crippen molar-refractivity contribution in [2.24, 2.45) is 0 Å². The second-order valence-corrected chi connectivity index (χ2v) is 4.35. The lowest BCUT2D eigenvalue weighted by Gasteiger charge is -2.23. The number of hydrogen-bond donors (Lipinski definition) is 1. The summed E-state index contributed by atoms with van der Waals surface area (Å²) in [5.74, 6) is -2.55. The largest absolute Gasteiger partial charge is 0.395 e. The van der Waals surface area contributed by atoms with Crippen molar-refractivity contribution in [3.05, 3.63) is 0 Å². The predicted molar refractivity (Wildman–Crippen MR) is 42.1 cm³/mol. The Hall–Kier alpha value is 0.170. The number of hydrogen-bond acceptors (Lipinski definition) is 2. The Morgan fingerprint density at radius 3 is 2.27 bits per heavy atom. The molecule has 0 aromatic heterocycles. The molecule has 0 radical (unpaired) electrons. The number of rotatable bonds is 2. The Morgan fingerprint density at radius 2 is 2.09 bits per heavy atom. The van der Waals surface area contributed by atoms with E-state index in [9.17, 15) is 8.78 Å². The van der Waals surface area contributed by atoms with Crippen molar-refractivity contribution >= 4 is 11.8 Å². The molecule has 1 aliphatic carbocycles. The fourth-order valence-corrected chi connectivity index (χ4v) is 2.22. The zero-order valence-electron chi connectivity index (χ0n) is 6.44. The maximum Gasteiger partial charge on any atom is 0.249 e. The van der Waals surface area contributed by atoms with E-state index in [0.29, 0.717) is 6.42 Å². The molecule has 1 rings (SSSR count). The van der Waals surface area contributed by atoms with Gasteiger partial charge in [-0.15, -0.1) is 0 Å². The van der Waals surface area contributed by atoms with Crippen molar-refractivity contribution < 1.29 is 13.9 Å². The molecule has 11 heavy (non-hydrogen) atoms. The number of halogens is 2. The van der Waals surface area contributed by atoms with E-state index in [1.165, 1.54) is 11.8 Å². The molecule has 0 saturated heterocycles. The third-order valence-corrected chi connectivity index (χ3v) is 3.59. The van der Waals surface area contributed by atoms with Gasteiger partial charge in [-0.3, -0.25) is 0 Å².